The average molecular weight is 391 g/mol. The molecule has 1 saturated heterocycles. The standard InChI is InChI=1S/C23H22N2O2S/c26-28(27,20-10-9-17-5-1-2-6-19(17)15-20)25-16-22(18-11-13-24-14-12-18)21-7-3-4-8-23(21)25/h1-10,15-16,18,24H,11-14H2. The lowest BCUT2D eigenvalue weighted by atomic mass is 9.90. The molecule has 0 bridgehead atoms. The Bertz CT molecular complexity index is 1270. The molecule has 142 valence electrons. The number of rotatable bonds is 3. The third kappa shape index (κ3) is 2.82. The van der Waals surface area contributed by atoms with Crippen LogP contribution in [0.3, 0.4) is 0 Å². The lowest BCUT2D eigenvalue weighted by molar-refractivity contribution is 0.462. The van der Waals surface area contributed by atoms with Gasteiger partial charge in [0.1, 0.15) is 0 Å². The van der Waals surface area contributed by atoms with Crippen molar-refractivity contribution in [2.75, 3.05) is 13.1 Å². The molecule has 0 radical (unpaired) electrons. The fourth-order valence-corrected chi connectivity index (χ4v) is 5.69. The molecular weight excluding hydrogens is 368 g/mol. The van der Waals surface area contributed by atoms with E-state index in [1.807, 2.05) is 60.8 Å². The number of benzene rings is 3. The van der Waals surface area contributed by atoms with Crippen LogP contribution in [0.5, 0.6) is 0 Å². The molecule has 0 unspecified atom stereocenters. The van der Waals surface area contributed by atoms with Crippen LogP contribution < -0.4 is 5.32 Å². The summed E-state index contributed by atoms with van der Waals surface area (Å²) in [7, 11) is -3.67. The van der Waals surface area contributed by atoms with Crippen LogP contribution in [0.25, 0.3) is 21.7 Å². The largest absolute Gasteiger partial charge is 0.317 e. The van der Waals surface area contributed by atoms with E-state index >= 15 is 0 Å². The van der Waals surface area contributed by atoms with Crippen LogP contribution in [0.1, 0.15) is 24.3 Å². The maximum absolute atomic E-state index is 13.5. The molecule has 28 heavy (non-hydrogen) atoms. The molecule has 3 aromatic carbocycles. The number of hydrogen-bond acceptors (Lipinski definition) is 3. The number of para-hydroxylation sites is 1. The Morgan fingerprint density at radius 3 is 2.39 bits per heavy atom. The predicted molar refractivity (Wildman–Crippen MR) is 113 cm³/mol. The van der Waals surface area contributed by atoms with Crippen molar-refractivity contribution in [3.63, 3.8) is 0 Å². The summed E-state index contributed by atoms with van der Waals surface area (Å²) in [4.78, 5) is 0.323. The first-order valence-corrected chi connectivity index (χ1v) is 11.1. The first-order chi connectivity index (χ1) is 13.6. The molecule has 0 spiro atoms. The second-order valence-electron chi connectivity index (χ2n) is 7.44. The Morgan fingerprint density at radius 1 is 0.857 bits per heavy atom. The molecule has 1 aromatic heterocycles. The number of piperidine rings is 1. The summed E-state index contributed by atoms with van der Waals surface area (Å²) >= 11 is 0. The van der Waals surface area contributed by atoms with Crippen LogP contribution in [-0.4, -0.2) is 25.5 Å². The first kappa shape index (κ1) is 17.5. The van der Waals surface area contributed by atoms with E-state index in [0.29, 0.717) is 10.8 Å². The van der Waals surface area contributed by atoms with Gasteiger partial charge >= 0.3 is 0 Å². The number of fused-ring (bicyclic) bond motifs is 2. The zero-order valence-electron chi connectivity index (χ0n) is 15.5. The van der Waals surface area contributed by atoms with Gasteiger partial charge in [0.25, 0.3) is 10.0 Å². The number of nitrogens with zero attached hydrogens (tertiary/aromatic N) is 1. The first-order valence-electron chi connectivity index (χ1n) is 9.70. The van der Waals surface area contributed by atoms with Crippen molar-refractivity contribution in [3.05, 3.63) is 78.5 Å². The lowest BCUT2D eigenvalue weighted by Crippen LogP contribution is -2.26. The summed E-state index contributed by atoms with van der Waals surface area (Å²) in [5, 5.41) is 6.39. The molecule has 4 nitrogen and oxygen atoms in total. The van der Waals surface area contributed by atoms with Crippen molar-refractivity contribution in [1.82, 2.24) is 9.29 Å². The van der Waals surface area contributed by atoms with Crippen molar-refractivity contribution in [2.24, 2.45) is 0 Å². The van der Waals surface area contributed by atoms with Crippen molar-refractivity contribution < 1.29 is 8.42 Å². The van der Waals surface area contributed by atoms with E-state index in [4.69, 9.17) is 0 Å². The minimum absolute atomic E-state index is 0.323. The zero-order chi connectivity index (χ0) is 19.1. The third-order valence-corrected chi connectivity index (χ3v) is 7.44. The highest BCUT2D eigenvalue weighted by Gasteiger charge is 2.25. The maximum atomic E-state index is 13.5. The number of aromatic nitrogens is 1. The van der Waals surface area contributed by atoms with E-state index in [-0.39, 0.29) is 0 Å². The normalized spacial score (nSPS) is 16.0. The van der Waals surface area contributed by atoms with Crippen LogP contribution in [-0.2, 0) is 10.0 Å². The van der Waals surface area contributed by atoms with Crippen molar-refractivity contribution >= 4 is 31.7 Å². The molecule has 0 saturated carbocycles. The smallest absolute Gasteiger partial charge is 0.268 e. The third-order valence-electron chi connectivity index (χ3n) is 5.77. The van der Waals surface area contributed by atoms with Crippen LogP contribution >= 0.6 is 0 Å². The Kier molecular flexibility index (Phi) is 4.22. The van der Waals surface area contributed by atoms with Crippen molar-refractivity contribution in [3.8, 4) is 0 Å². The quantitative estimate of drug-likeness (QED) is 0.560. The Balaban J connectivity index is 1.68. The second-order valence-corrected chi connectivity index (χ2v) is 9.25. The van der Waals surface area contributed by atoms with Crippen LogP contribution in [0, 0.1) is 0 Å². The molecule has 0 atom stereocenters. The van der Waals surface area contributed by atoms with Gasteiger partial charge in [0.2, 0.25) is 0 Å². The summed E-state index contributed by atoms with van der Waals surface area (Å²) in [6.45, 7) is 1.95. The van der Waals surface area contributed by atoms with E-state index in [2.05, 4.69) is 5.32 Å². The van der Waals surface area contributed by atoms with E-state index < -0.39 is 10.0 Å². The molecule has 1 aliphatic heterocycles. The Labute approximate surface area is 164 Å². The minimum Gasteiger partial charge on any atom is -0.317 e. The van der Waals surface area contributed by atoms with Gasteiger partial charge < -0.3 is 5.32 Å². The fourth-order valence-electron chi connectivity index (χ4n) is 4.27. The molecule has 5 heteroatoms. The predicted octanol–water partition coefficient (Wildman–Crippen LogP) is 4.50. The monoisotopic (exact) mass is 390 g/mol. The molecule has 0 amide bonds. The molecule has 1 fully saturated rings. The molecule has 4 aromatic rings. The fraction of sp³-hybridized carbons (Fsp3) is 0.217. The number of hydrogen-bond donors (Lipinski definition) is 1. The van der Waals surface area contributed by atoms with Crippen molar-refractivity contribution in [1.29, 1.82) is 0 Å². The maximum Gasteiger partial charge on any atom is 0.268 e. The SMILES string of the molecule is O=S(=O)(c1ccc2ccccc2c1)n1cc(C2CCNCC2)c2ccccc21. The summed E-state index contributed by atoms with van der Waals surface area (Å²) in [6.07, 6.45) is 3.92. The van der Waals surface area contributed by atoms with E-state index in [1.54, 1.807) is 12.1 Å². The van der Waals surface area contributed by atoms with Crippen LogP contribution in [0.15, 0.2) is 77.8 Å². The van der Waals surface area contributed by atoms with Crippen molar-refractivity contribution in [2.45, 2.75) is 23.7 Å². The summed E-state index contributed by atoms with van der Waals surface area (Å²) in [5.74, 6) is 0.388. The minimum atomic E-state index is -3.67. The van der Waals surface area contributed by atoms with Gasteiger partial charge in [0.15, 0.2) is 0 Å². The molecule has 1 N–H and O–H groups in total. The Morgan fingerprint density at radius 2 is 1.57 bits per heavy atom. The van der Waals surface area contributed by atoms with Gasteiger partial charge in [-0.05, 0) is 66.4 Å². The van der Waals surface area contributed by atoms with Crippen LogP contribution in [0.4, 0.5) is 0 Å². The highest BCUT2D eigenvalue weighted by atomic mass is 32.2. The van der Waals surface area contributed by atoms with Gasteiger partial charge in [0, 0.05) is 11.6 Å². The molecule has 0 aliphatic carbocycles. The van der Waals surface area contributed by atoms with E-state index in [9.17, 15) is 8.42 Å². The summed E-state index contributed by atoms with van der Waals surface area (Å²) in [6, 6.07) is 21.0. The average Bonchev–Trinajstić information content (AvgIpc) is 3.14. The van der Waals surface area contributed by atoms with Gasteiger partial charge in [-0.1, -0.05) is 48.5 Å². The highest BCUT2D eigenvalue weighted by molar-refractivity contribution is 7.90. The lowest BCUT2D eigenvalue weighted by Gasteiger charge is -2.22. The molecule has 1 aliphatic rings. The highest BCUT2D eigenvalue weighted by Crippen LogP contribution is 2.35. The topological polar surface area (TPSA) is 51.1 Å². The van der Waals surface area contributed by atoms with Gasteiger partial charge in [-0.25, -0.2) is 12.4 Å². The van der Waals surface area contributed by atoms with E-state index in [1.165, 1.54) is 3.97 Å². The molecule has 2 heterocycles. The zero-order valence-corrected chi connectivity index (χ0v) is 16.3. The van der Waals surface area contributed by atoms with Gasteiger partial charge in [-0.2, -0.15) is 0 Å². The number of nitrogens with one attached hydrogen (secondary N) is 1. The van der Waals surface area contributed by atoms with Gasteiger partial charge in [-0.15, -0.1) is 0 Å². The molecular formula is C23H22N2O2S. The summed E-state index contributed by atoms with van der Waals surface area (Å²) < 4.78 is 28.6. The van der Waals surface area contributed by atoms with E-state index in [0.717, 1.165) is 53.2 Å². The molecule has 5 rings (SSSR count). The van der Waals surface area contributed by atoms with Crippen LogP contribution in [0.2, 0.25) is 0 Å². The summed E-state index contributed by atoms with van der Waals surface area (Å²) in [5.41, 5.74) is 1.89. The van der Waals surface area contributed by atoms with Gasteiger partial charge in [-0.3, -0.25) is 0 Å². The van der Waals surface area contributed by atoms with Gasteiger partial charge in [0.05, 0.1) is 10.4 Å². The Hall–Kier alpha value is -2.63. The second kappa shape index (κ2) is 6.76.